The zero-order valence-electron chi connectivity index (χ0n) is 25.2. The average molecular weight is 653 g/mol. The normalized spacial score (nSPS) is 21.7. The molecular weight excluding hydrogens is 610 g/mol. The Kier molecular flexibility index (Phi) is 13.5. The Hall–Kier alpha value is -2.21. The molecule has 2 heterocycles. The molecular formula is C32H43ClF6N2O3. The van der Waals surface area contributed by atoms with Gasteiger partial charge in [0.1, 0.15) is 11.5 Å². The van der Waals surface area contributed by atoms with E-state index >= 15 is 0 Å². The molecule has 2 saturated heterocycles. The van der Waals surface area contributed by atoms with Crippen LogP contribution >= 0.6 is 12.4 Å². The molecule has 0 radical (unpaired) electrons. The Bertz CT molecular complexity index is 1060. The van der Waals surface area contributed by atoms with E-state index < -0.39 is 37.7 Å². The highest BCUT2D eigenvalue weighted by Gasteiger charge is 2.50. The van der Waals surface area contributed by atoms with Gasteiger partial charge in [-0.2, -0.15) is 26.3 Å². The minimum atomic E-state index is -4.95. The molecule has 0 saturated carbocycles. The number of benzene rings is 2. The van der Waals surface area contributed by atoms with Crippen molar-refractivity contribution in [3.63, 3.8) is 0 Å². The summed E-state index contributed by atoms with van der Waals surface area (Å²) in [6.07, 6.45) is -12.2. The predicted octanol–water partition coefficient (Wildman–Crippen LogP) is 7.84. The highest BCUT2D eigenvalue weighted by atomic mass is 35.5. The molecule has 0 spiro atoms. The summed E-state index contributed by atoms with van der Waals surface area (Å²) in [6.45, 7) is 4.75. The molecule has 2 unspecified atom stereocenters. The monoisotopic (exact) mass is 652 g/mol. The van der Waals surface area contributed by atoms with Crippen molar-refractivity contribution in [2.45, 2.75) is 75.9 Å². The van der Waals surface area contributed by atoms with Crippen molar-refractivity contribution in [3.8, 4) is 11.5 Å². The van der Waals surface area contributed by atoms with Gasteiger partial charge in [0.05, 0.1) is 13.2 Å². The summed E-state index contributed by atoms with van der Waals surface area (Å²) in [6, 6.07) is 14.9. The van der Waals surface area contributed by atoms with Crippen molar-refractivity contribution >= 4 is 12.4 Å². The van der Waals surface area contributed by atoms with Crippen LogP contribution in [0.15, 0.2) is 48.5 Å². The molecule has 0 N–H and O–H groups in total. The van der Waals surface area contributed by atoms with Gasteiger partial charge in [-0.3, -0.25) is 9.80 Å². The number of halogens is 7. The van der Waals surface area contributed by atoms with Gasteiger partial charge < -0.3 is 14.2 Å². The van der Waals surface area contributed by atoms with Gasteiger partial charge in [-0.05, 0) is 99.8 Å². The van der Waals surface area contributed by atoms with E-state index in [-0.39, 0.29) is 24.2 Å². The zero-order chi connectivity index (χ0) is 31.0. The fourth-order valence-electron chi connectivity index (χ4n) is 6.15. The first-order valence-electron chi connectivity index (χ1n) is 15.1. The van der Waals surface area contributed by atoms with Gasteiger partial charge >= 0.3 is 12.4 Å². The predicted molar refractivity (Wildman–Crippen MR) is 160 cm³/mol. The number of hydrogen-bond donors (Lipinski definition) is 0. The number of likely N-dealkylation sites (tertiary alicyclic amines) is 2. The van der Waals surface area contributed by atoms with Crippen LogP contribution in [0.4, 0.5) is 26.3 Å². The van der Waals surface area contributed by atoms with Crippen LogP contribution in [0.1, 0.15) is 62.5 Å². The lowest BCUT2D eigenvalue weighted by molar-refractivity contribution is -0.290. The summed E-state index contributed by atoms with van der Waals surface area (Å²) >= 11 is 0. The van der Waals surface area contributed by atoms with Gasteiger partial charge in [0.25, 0.3) is 0 Å². The molecule has 2 aromatic rings. The first kappa shape index (κ1) is 36.3. The van der Waals surface area contributed by atoms with Crippen LogP contribution in [0.5, 0.6) is 11.5 Å². The minimum absolute atomic E-state index is 0. The number of alkyl halides is 6. The maximum atomic E-state index is 14.2. The third-order valence-electron chi connectivity index (χ3n) is 8.20. The third kappa shape index (κ3) is 10.4. The van der Waals surface area contributed by atoms with Crippen molar-refractivity contribution in [3.05, 3.63) is 59.7 Å². The van der Waals surface area contributed by atoms with Gasteiger partial charge in [0.2, 0.25) is 0 Å². The SMILES string of the molecule is CCOc1cccc(C2CCCN(C[C@H](O[C@@H](CN3CCCC(c4cccc(OCC)c4)C3)C(F)(F)F)C(F)(F)F)C2)c1.Cl. The first-order valence-corrected chi connectivity index (χ1v) is 15.1. The number of hydrogen-bond acceptors (Lipinski definition) is 5. The smallest absolute Gasteiger partial charge is 0.415 e. The maximum absolute atomic E-state index is 14.2. The summed E-state index contributed by atoms with van der Waals surface area (Å²) in [4.78, 5) is 3.16. The molecule has 248 valence electrons. The minimum Gasteiger partial charge on any atom is -0.494 e. The molecule has 2 fully saturated rings. The Morgan fingerprint density at radius 2 is 1.11 bits per heavy atom. The molecule has 2 aliphatic heterocycles. The summed E-state index contributed by atoms with van der Waals surface area (Å²) in [5, 5.41) is 0. The molecule has 2 aromatic carbocycles. The molecule has 5 nitrogen and oxygen atoms in total. The zero-order valence-corrected chi connectivity index (χ0v) is 26.0. The molecule has 44 heavy (non-hydrogen) atoms. The summed E-state index contributed by atoms with van der Waals surface area (Å²) in [7, 11) is 0. The summed E-state index contributed by atoms with van der Waals surface area (Å²) < 4.78 is 101. The molecule has 0 aromatic heterocycles. The lowest BCUT2D eigenvalue weighted by Gasteiger charge is -2.39. The third-order valence-corrected chi connectivity index (χ3v) is 8.20. The lowest BCUT2D eigenvalue weighted by atomic mass is 9.90. The highest BCUT2D eigenvalue weighted by Crippen LogP contribution is 2.35. The first-order chi connectivity index (χ1) is 20.5. The van der Waals surface area contributed by atoms with Gasteiger partial charge in [0.15, 0.2) is 12.2 Å². The summed E-state index contributed by atoms with van der Waals surface area (Å²) in [5.41, 5.74) is 1.89. The molecule has 2 aliphatic rings. The van der Waals surface area contributed by atoms with Gasteiger partial charge in [-0.25, -0.2) is 0 Å². The summed E-state index contributed by atoms with van der Waals surface area (Å²) in [5.74, 6) is 1.27. The van der Waals surface area contributed by atoms with Gasteiger partial charge in [-0.1, -0.05) is 24.3 Å². The van der Waals surface area contributed by atoms with Crippen LogP contribution in [-0.2, 0) is 4.74 Å². The Morgan fingerprint density at radius 1 is 0.705 bits per heavy atom. The van der Waals surface area contributed by atoms with E-state index in [0.717, 1.165) is 24.0 Å². The van der Waals surface area contributed by atoms with Crippen LogP contribution in [0.3, 0.4) is 0 Å². The van der Waals surface area contributed by atoms with Crippen molar-refractivity contribution in [2.24, 2.45) is 0 Å². The van der Waals surface area contributed by atoms with Crippen LogP contribution in [0.25, 0.3) is 0 Å². The van der Waals surface area contributed by atoms with E-state index in [1.54, 1.807) is 9.80 Å². The van der Waals surface area contributed by atoms with Gasteiger partial charge in [0, 0.05) is 26.2 Å². The van der Waals surface area contributed by atoms with E-state index in [2.05, 4.69) is 0 Å². The van der Waals surface area contributed by atoms with Gasteiger partial charge in [-0.15, -0.1) is 12.4 Å². The quantitative estimate of drug-likeness (QED) is 0.218. The molecule has 12 heteroatoms. The van der Waals surface area contributed by atoms with Crippen molar-refractivity contribution in [2.75, 3.05) is 52.5 Å². The van der Waals surface area contributed by atoms with Crippen molar-refractivity contribution in [1.29, 1.82) is 0 Å². The molecule has 0 aliphatic carbocycles. The standard InChI is InChI=1S/C32H42F6N2O3.ClH/c1-3-41-27-13-5-9-23(17-27)25-11-7-15-39(19-25)21-29(31(33,34)35)43-30(32(36,37)38)22-40-16-8-12-26(20-40)24-10-6-14-28(18-24)42-4-2;/h5-6,9-10,13-14,17-18,25-26,29-30H,3-4,7-8,11-12,15-16,19-22H2,1-2H3;1H/t25?,26?,29-,30-;/m0./s1. The highest BCUT2D eigenvalue weighted by molar-refractivity contribution is 5.85. The lowest BCUT2D eigenvalue weighted by Crippen LogP contribution is -2.52. The van der Waals surface area contributed by atoms with Crippen LogP contribution in [0.2, 0.25) is 0 Å². The molecule has 0 bridgehead atoms. The number of ether oxygens (including phenoxy) is 3. The number of piperidine rings is 2. The largest absolute Gasteiger partial charge is 0.494 e. The molecule has 4 rings (SSSR count). The second kappa shape index (κ2) is 16.4. The Morgan fingerprint density at radius 3 is 1.48 bits per heavy atom. The van der Waals surface area contributed by atoms with E-state index in [1.807, 2.05) is 62.4 Å². The van der Waals surface area contributed by atoms with E-state index in [4.69, 9.17) is 14.2 Å². The Balaban J connectivity index is 0.00000529. The van der Waals surface area contributed by atoms with E-state index in [1.165, 1.54) is 0 Å². The fraction of sp³-hybridized carbons (Fsp3) is 0.625. The number of nitrogens with zero attached hydrogens (tertiary/aromatic N) is 2. The second-order valence-electron chi connectivity index (χ2n) is 11.4. The molecule has 4 atom stereocenters. The second-order valence-corrected chi connectivity index (χ2v) is 11.4. The maximum Gasteiger partial charge on any atom is 0.415 e. The van der Waals surface area contributed by atoms with E-state index in [0.29, 0.717) is 63.7 Å². The van der Waals surface area contributed by atoms with E-state index in [9.17, 15) is 26.3 Å². The fourth-order valence-corrected chi connectivity index (χ4v) is 6.15. The van der Waals surface area contributed by atoms with Crippen molar-refractivity contribution in [1.82, 2.24) is 9.80 Å². The van der Waals surface area contributed by atoms with Crippen LogP contribution < -0.4 is 9.47 Å². The van der Waals surface area contributed by atoms with Crippen molar-refractivity contribution < 1.29 is 40.6 Å². The Labute approximate surface area is 262 Å². The van der Waals surface area contributed by atoms with Crippen LogP contribution in [0, 0.1) is 0 Å². The topological polar surface area (TPSA) is 34.2 Å². The number of rotatable bonds is 12. The van der Waals surface area contributed by atoms with Crippen LogP contribution in [-0.4, -0.2) is 86.8 Å². The average Bonchev–Trinajstić information content (AvgIpc) is 2.96. The molecule has 0 amide bonds.